The number of allylic oxidation sites excluding steroid dienone is 1. The molecule has 0 bridgehead atoms. The summed E-state index contributed by atoms with van der Waals surface area (Å²) < 4.78 is 0. The number of nitrogens with zero attached hydrogens (tertiary/aromatic N) is 1. The largest absolute Gasteiger partial charge is 0.508 e. The highest BCUT2D eigenvalue weighted by Gasteiger charge is 2.31. The molecular weight excluding hydrogens is 322 g/mol. The molecule has 0 unspecified atom stereocenters. The molecule has 1 heterocycles. The Hall–Kier alpha value is -3.33. The van der Waals surface area contributed by atoms with E-state index in [4.69, 9.17) is 0 Å². The minimum atomic E-state index is 0.0213. The zero-order chi connectivity index (χ0) is 17.9. The van der Waals surface area contributed by atoms with Gasteiger partial charge in [-0.2, -0.15) is 0 Å². The third-order valence-corrected chi connectivity index (χ3v) is 4.62. The van der Waals surface area contributed by atoms with E-state index in [-0.39, 0.29) is 11.7 Å². The van der Waals surface area contributed by atoms with Gasteiger partial charge >= 0.3 is 0 Å². The van der Waals surface area contributed by atoms with E-state index in [1.807, 2.05) is 59.5 Å². The summed E-state index contributed by atoms with van der Waals surface area (Å²) in [4.78, 5) is 14.7. The van der Waals surface area contributed by atoms with E-state index in [9.17, 15) is 9.90 Å². The minimum absolute atomic E-state index is 0.0213. The molecule has 0 radical (unpaired) electrons. The quantitative estimate of drug-likeness (QED) is 0.751. The molecule has 3 heteroatoms. The fourth-order valence-corrected chi connectivity index (χ4v) is 3.28. The molecule has 1 amide bonds. The van der Waals surface area contributed by atoms with E-state index in [0.717, 1.165) is 28.8 Å². The molecule has 0 saturated carbocycles. The molecule has 1 aliphatic heterocycles. The van der Waals surface area contributed by atoms with Crippen LogP contribution >= 0.6 is 0 Å². The van der Waals surface area contributed by atoms with Gasteiger partial charge in [-0.1, -0.05) is 66.7 Å². The number of rotatable bonds is 4. The minimum Gasteiger partial charge on any atom is -0.508 e. The Bertz CT molecular complexity index is 959. The highest BCUT2D eigenvalue weighted by Crippen LogP contribution is 2.34. The van der Waals surface area contributed by atoms with Crippen molar-refractivity contribution in [2.24, 2.45) is 0 Å². The van der Waals surface area contributed by atoms with Gasteiger partial charge in [0.2, 0.25) is 0 Å². The fraction of sp³-hybridized carbons (Fsp3) is 0.0870. The lowest BCUT2D eigenvalue weighted by molar-refractivity contribution is 0.0843. The number of phenols is 1. The second-order valence-corrected chi connectivity index (χ2v) is 6.38. The molecular formula is C23H19NO2. The van der Waals surface area contributed by atoms with Crippen LogP contribution in [0.3, 0.4) is 0 Å². The third-order valence-electron chi connectivity index (χ3n) is 4.62. The molecule has 128 valence electrons. The van der Waals surface area contributed by atoms with Crippen molar-refractivity contribution in [1.29, 1.82) is 0 Å². The van der Waals surface area contributed by atoms with Gasteiger partial charge in [-0.05, 0) is 35.7 Å². The third kappa shape index (κ3) is 3.11. The molecule has 1 aliphatic rings. The van der Waals surface area contributed by atoms with Gasteiger partial charge in [0.05, 0.1) is 6.54 Å². The van der Waals surface area contributed by atoms with E-state index in [1.165, 1.54) is 5.56 Å². The van der Waals surface area contributed by atoms with Crippen LogP contribution in [0.5, 0.6) is 5.75 Å². The lowest BCUT2D eigenvalue weighted by Crippen LogP contribution is -2.22. The highest BCUT2D eigenvalue weighted by molar-refractivity contribution is 6.09. The molecule has 0 aromatic heterocycles. The number of fused-ring (bicyclic) bond motifs is 1. The summed E-state index contributed by atoms with van der Waals surface area (Å²) in [6.45, 7) is 0.481. The van der Waals surface area contributed by atoms with Gasteiger partial charge in [0.15, 0.2) is 0 Å². The first kappa shape index (κ1) is 16.2. The Balaban J connectivity index is 1.68. The van der Waals surface area contributed by atoms with Crippen molar-refractivity contribution in [3.05, 3.63) is 107 Å². The van der Waals surface area contributed by atoms with Crippen LogP contribution < -0.4 is 0 Å². The lowest BCUT2D eigenvalue weighted by Gasteiger charge is -2.19. The number of carbonyl (C=O) groups is 1. The summed E-state index contributed by atoms with van der Waals surface area (Å²) >= 11 is 0. The zero-order valence-electron chi connectivity index (χ0n) is 14.3. The molecule has 0 atom stereocenters. The number of phenolic OH excluding ortho intramolecular Hbond substituents is 1. The van der Waals surface area contributed by atoms with Crippen LogP contribution in [0.4, 0.5) is 0 Å². The van der Waals surface area contributed by atoms with Crippen LogP contribution in [0.25, 0.3) is 5.70 Å². The molecule has 3 nitrogen and oxygen atoms in total. The van der Waals surface area contributed by atoms with Crippen LogP contribution in [-0.4, -0.2) is 15.9 Å². The average molecular weight is 341 g/mol. The number of aromatic hydroxyl groups is 1. The van der Waals surface area contributed by atoms with Gasteiger partial charge in [-0.3, -0.25) is 4.79 Å². The number of amides is 1. The van der Waals surface area contributed by atoms with E-state index < -0.39 is 0 Å². The van der Waals surface area contributed by atoms with Gasteiger partial charge in [0.1, 0.15) is 5.75 Å². The molecule has 3 aromatic carbocycles. The van der Waals surface area contributed by atoms with E-state index >= 15 is 0 Å². The second-order valence-electron chi connectivity index (χ2n) is 6.38. The maximum atomic E-state index is 12.9. The van der Waals surface area contributed by atoms with Gasteiger partial charge in [0, 0.05) is 16.8 Å². The Morgan fingerprint density at radius 2 is 1.42 bits per heavy atom. The first-order valence-electron chi connectivity index (χ1n) is 8.65. The van der Waals surface area contributed by atoms with Crippen molar-refractivity contribution in [2.45, 2.75) is 13.0 Å². The SMILES string of the molecule is O=C1c2ccccc2/C(=C\Cc2ccccc2)N1Cc1ccc(O)cc1. The molecule has 3 aromatic rings. The van der Waals surface area contributed by atoms with Crippen LogP contribution in [0.15, 0.2) is 84.9 Å². The van der Waals surface area contributed by atoms with Crippen molar-refractivity contribution >= 4 is 11.6 Å². The van der Waals surface area contributed by atoms with Gasteiger partial charge < -0.3 is 10.0 Å². The molecule has 26 heavy (non-hydrogen) atoms. The number of carbonyl (C=O) groups excluding carboxylic acids is 1. The van der Waals surface area contributed by atoms with Crippen LogP contribution in [-0.2, 0) is 13.0 Å². The van der Waals surface area contributed by atoms with E-state index in [0.29, 0.717) is 6.54 Å². The Morgan fingerprint density at radius 3 is 2.15 bits per heavy atom. The van der Waals surface area contributed by atoms with Gasteiger partial charge in [0.25, 0.3) is 5.91 Å². The maximum Gasteiger partial charge on any atom is 0.259 e. The van der Waals surface area contributed by atoms with Crippen molar-refractivity contribution in [1.82, 2.24) is 4.90 Å². The Kier molecular flexibility index (Phi) is 4.28. The molecule has 1 N–H and O–H groups in total. The predicted molar refractivity (Wildman–Crippen MR) is 103 cm³/mol. The number of hydrogen-bond acceptors (Lipinski definition) is 2. The summed E-state index contributed by atoms with van der Waals surface area (Å²) in [5.74, 6) is 0.248. The van der Waals surface area contributed by atoms with Crippen molar-refractivity contribution in [3.8, 4) is 5.75 Å². The van der Waals surface area contributed by atoms with Crippen LogP contribution in [0.1, 0.15) is 27.0 Å². The van der Waals surface area contributed by atoms with Gasteiger partial charge in [-0.25, -0.2) is 0 Å². The van der Waals surface area contributed by atoms with Crippen LogP contribution in [0.2, 0.25) is 0 Å². The molecule has 0 saturated heterocycles. The van der Waals surface area contributed by atoms with Crippen molar-refractivity contribution in [2.75, 3.05) is 0 Å². The summed E-state index contributed by atoms with van der Waals surface area (Å²) in [7, 11) is 0. The first-order valence-corrected chi connectivity index (χ1v) is 8.65. The molecule has 0 fully saturated rings. The smallest absolute Gasteiger partial charge is 0.259 e. The van der Waals surface area contributed by atoms with Gasteiger partial charge in [-0.15, -0.1) is 0 Å². The molecule has 0 aliphatic carbocycles. The lowest BCUT2D eigenvalue weighted by atomic mass is 10.1. The maximum absolute atomic E-state index is 12.9. The monoisotopic (exact) mass is 341 g/mol. The number of benzene rings is 3. The van der Waals surface area contributed by atoms with Crippen molar-refractivity contribution < 1.29 is 9.90 Å². The summed E-state index contributed by atoms with van der Waals surface area (Å²) in [5.41, 5.74) is 4.86. The summed E-state index contributed by atoms with van der Waals surface area (Å²) in [5, 5.41) is 9.48. The summed E-state index contributed by atoms with van der Waals surface area (Å²) in [6, 6.07) is 25.0. The highest BCUT2D eigenvalue weighted by atomic mass is 16.3. The van der Waals surface area contributed by atoms with Crippen molar-refractivity contribution in [3.63, 3.8) is 0 Å². The summed E-state index contributed by atoms with van der Waals surface area (Å²) in [6.07, 6.45) is 2.89. The second kappa shape index (κ2) is 6.89. The van der Waals surface area contributed by atoms with E-state index in [1.54, 1.807) is 12.1 Å². The average Bonchev–Trinajstić information content (AvgIpc) is 2.95. The Morgan fingerprint density at radius 1 is 0.769 bits per heavy atom. The van der Waals surface area contributed by atoms with E-state index in [2.05, 4.69) is 18.2 Å². The normalized spacial score (nSPS) is 14.7. The predicted octanol–water partition coefficient (Wildman–Crippen LogP) is 4.63. The van der Waals surface area contributed by atoms with Crippen LogP contribution in [0, 0.1) is 0 Å². The first-order chi connectivity index (χ1) is 12.7. The molecule has 4 rings (SSSR count). The Labute approximate surface area is 152 Å². The number of hydrogen-bond donors (Lipinski definition) is 1. The zero-order valence-corrected chi connectivity index (χ0v) is 14.3. The topological polar surface area (TPSA) is 40.5 Å². The fourth-order valence-electron chi connectivity index (χ4n) is 3.28. The standard InChI is InChI=1S/C23H19NO2/c25-19-13-10-18(11-14-19)16-24-22(15-12-17-6-2-1-3-7-17)20-8-4-5-9-21(20)23(24)26/h1-11,13-15,25H,12,16H2/b22-15+. The molecule has 0 spiro atoms.